The van der Waals surface area contributed by atoms with E-state index in [1.54, 1.807) is 6.07 Å². The molecule has 0 aromatic carbocycles. The third-order valence-electron chi connectivity index (χ3n) is 3.18. The van der Waals surface area contributed by atoms with Gasteiger partial charge in [-0.1, -0.05) is 32.1 Å². The number of amides is 1. The summed E-state index contributed by atoms with van der Waals surface area (Å²) in [6.45, 7) is 0. The number of nitrogens with zero attached hydrogens (tertiary/aromatic N) is 2. The Morgan fingerprint density at radius 2 is 2.06 bits per heavy atom. The fraction of sp³-hybridized carbons (Fsp3) is 0.583. The van der Waals surface area contributed by atoms with Gasteiger partial charge in [0.1, 0.15) is 0 Å². The van der Waals surface area contributed by atoms with E-state index in [0.717, 1.165) is 18.0 Å². The van der Waals surface area contributed by atoms with Crippen LogP contribution in [0.1, 0.15) is 37.8 Å². The summed E-state index contributed by atoms with van der Waals surface area (Å²) in [5.74, 6) is 1.00. The maximum absolute atomic E-state index is 10.4. The van der Waals surface area contributed by atoms with Crippen molar-refractivity contribution in [2.75, 3.05) is 5.32 Å². The molecule has 0 radical (unpaired) electrons. The minimum absolute atomic E-state index is 0.282. The van der Waals surface area contributed by atoms with Crippen LogP contribution in [0, 0.1) is 5.92 Å². The molecule has 1 aromatic heterocycles. The molecule has 1 aliphatic carbocycles. The summed E-state index contributed by atoms with van der Waals surface area (Å²) in [4.78, 5) is 10.4. The van der Waals surface area contributed by atoms with Gasteiger partial charge in [-0.2, -0.15) is 5.10 Å². The van der Waals surface area contributed by atoms with Crippen LogP contribution < -0.4 is 5.32 Å². The highest BCUT2D eigenvalue weighted by molar-refractivity contribution is 5.81. The molecule has 1 heterocycles. The van der Waals surface area contributed by atoms with E-state index in [1.807, 2.05) is 6.07 Å². The Balaban J connectivity index is 1.90. The SMILES string of the molecule is O=C(O)Nc1ccc(CC2CCCCC2)nn1. The van der Waals surface area contributed by atoms with Crippen LogP contribution in [-0.4, -0.2) is 21.4 Å². The van der Waals surface area contributed by atoms with Crippen molar-refractivity contribution in [3.8, 4) is 0 Å². The summed E-state index contributed by atoms with van der Waals surface area (Å²) in [5, 5.41) is 18.6. The number of anilines is 1. The van der Waals surface area contributed by atoms with Crippen LogP contribution in [0.15, 0.2) is 12.1 Å². The third-order valence-corrected chi connectivity index (χ3v) is 3.18. The van der Waals surface area contributed by atoms with E-state index >= 15 is 0 Å². The maximum Gasteiger partial charge on any atom is 0.410 e. The first-order chi connectivity index (χ1) is 8.24. The zero-order chi connectivity index (χ0) is 12.1. The highest BCUT2D eigenvalue weighted by Gasteiger charge is 2.14. The molecule has 0 bridgehead atoms. The van der Waals surface area contributed by atoms with Gasteiger partial charge in [0.15, 0.2) is 5.82 Å². The lowest BCUT2D eigenvalue weighted by Gasteiger charge is -2.20. The average molecular weight is 235 g/mol. The molecule has 0 unspecified atom stereocenters. The monoisotopic (exact) mass is 235 g/mol. The molecule has 0 saturated heterocycles. The number of carboxylic acid groups (broad SMARTS) is 1. The van der Waals surface area contributed by atoms with Crippen molar-refractivity contribution in [2.24, 2.45) is 5.92 Å². The number of aromatic nitrogens is 2. The Morgan fingerprint density at radius 3 is 2.65 bits per heavy atom. The molecule has 5 heteroatoms. The van der Waals surface area contributed by atoms with Crippen LogP contribution in [0.2, 0.25) is 0 Å². The first kappa shape index (κ1) is 11.8. The summed E-state index contributed by atoms with van der Waals surface area (Å²) >= 11 is 0. The third kappa shape index (κ3) is 3.69. The van der Waals surface area contributed by atoms with Crippen molar-refractivity contribution in [2.45, 2.75) is 38.5 Å². The molecule has 17 heavy (non-hydrogen) atoms. The van der Waals surface area contributed by atoms with E-state index < -0.39 is 6.09 Å². The molecule has 0 atom stereocenters. The predicted octanol–water partition coefficient (Wildman–Crippen LogP) is 2.69. The van der Waals surface area contributed by atoms with Gasteiger partial charge in [-0.3, -0.25) is 5.32 Å². The molecular weight excluding hydrogens is 218 g/mol. The lowest BCUT2D eigenvalue weighted by Crippen LogP contribution is -2.12. The minimum atomic E-state index is -1.11. The van der Waals surface area contributed by atoms with Gasteiger partial charge in [-0.25, -0.2) is 4.79 Å². The lowest BCUT2D eigenvalue weighted by atomic mass is 9.86. The molecule has 0 aliphatic heterocycles. The summed E-state index contributed by atoms with van der Waals surface area (Å²) in [6.07, 6.45) is 6.38. The molecule has 1 saturated carbocycles. The number of carbonyl (C=O) groups is 1. The second-order valence-corrected chi connectivity index (χ2v) is 4.55. The molecule has 0 spiro atoms. The lowest BCUT2D eigenvalue weighted by molar-refractivity contribution is 0.209. The zero-order valence-electron chi connectivity index (χ0n) is 9.72. The smallest absolute Gasteiger partial charge is 0.410 e. The standard InChI is InChI=1S/C12H17N3O2/c16-12(17)13-11-7-6-10(14-15-11)8-9-4-2-1-3-5-9/h6-7,9H,1-5,8H2,(H,13,15)(H,16,17). The minimum Gasteiger partial charge on any atom is -0.465 e. The van der Waals surface area contributed by atoms with Gasteiger partial charge in [-0.05, 0) is 24.5 Å². The van der Waals surface area contributed by atoms with E-state index in [1.165, 1.54) is 32.1 Å². The molecule has 2 rings (SSSR count). The van der Waals surface area contributed by atoms with E-state index in [2.05, 4.69) is 15.5 Å². The molecule has 1 amide bonds. The maximum atomic E-state index is 10.4. The van der Waals surface area contributed by atoms with Gasteiger partial charge < -0.3 is 5.11 Å². The van der Waals surface area contributed by atoms with Gasteiger partial charge in [0, 0.05) is 0 Å². The van der Waals surface area contributed by atoms with E-state index in [4.69, 9.17) is 5.11 Å². The van der Waals surface area contributed by atoms with Crippen molar-refractivity contribution < 1.29 is 9.90 Å². The summed E-state index contributed by atoms with van der Waals surface area (Å²) < 4.78 is 0. The topological polar surface area (TPSA) is 75.1 Å². The van der Waals surface area contributed by atoms with E-state index in [-0.39, 0.29) is 5.82 Å². The number of hydrogen-bond donors (Lipinski definition) is 2. The highest BCUT2D eigenvalue weighted by atomic mass is 16.4. The first-order valence-corrected chi connectivity index (χ1v) is 6.06. The molecular formula is C12H17N3O2. The first-order valence-electron chi connectivity index (χ1n) is 6.06. The van der Waals surface area contributed by atoms with Gasteiger partial charge in [-0.15, -0.1) is 5.10 Å². The predicted molar refractivity (Wildman–Crippen MR) is 64.0 cm³/mol. The van der Waals surface area contributed by atoms with Crippen molar-refractivity contribution in [1.82, 2.24) is 10.2 Å². The quantitative estimate of drug-likeness (QED) is 0.844. The Bertz CT molecular complexity index is 372. The molecule has 5 nitrogen and oxygen atoms in total. The van der Waals surface area contributed by atoms with Crippen LogP contribution in [0.4, 0.5) is 10.6 Å². The van der Waals surface area contributed by atoms with Crippen LogP contribution in [0.25, 0.3) is 0 Å². The molecule has 1 fully saturated rings. The highest BCUT2D eigenvalue weighted by Crippen LogP contribution is 2.26. The number of nitrogens with one attached hydrogen (secondary N) is 1. The molecule has 1 aromatic rings. The summed E-state index contributed by atoms with van der Waals surface area (Å²) in [6, 6.07) is 3.52. The Kier molecular flexibility index (Phi) is 3.90. The van der Waals surface area contributed by atoms with Crippen molar-refractivity contribution >= 4 is 11.9 Å². The van der Waals surface area contributed by atoms with E-state index in [9.17, 15) is 4.79 Å². The van der Waals surface area contributed by atoms with Crippen LogP contribution >= 0.6 is 0 Å². The van der Waals surface area contributed by atoms with E-state index in [0.29, 0.717) is 0 Å². The largest absolute Gasteiger partial charge is 0.465 e. The van der Waals surface area contributed by atoms with Crippen molar-refractivity contribution in [1.29, 1.82) is 0 Å². The number of rotatable bonds is 3. The Labute approximate surface area is 100 Å². The fourth-order valence-electron chi connectivity index (χ4n) is 2.33. The van der Waals surface area contributed by atoms with Gasteiger partial charge >= 0.3 is 6.09 Å². The van der Waals surface area contributed by atoms with Crippen LogP contribution in [-0.2, 0) is 6.42 Å². The number of hydrogen-bond acceptors (Lipinski definition) is 3. The Hall–Kier alpha value is -1.65. The normalized spacial score (nSPS) is 16.7. The second-order valence-electron chi connectivity index (χ2n) is 4.55. The molecule has 2 N–H and O–H groups in total. The van der Waals surface area contributed by atoms with Gasteiger partial charge in [0.05, 0.1) is 5.69 Å². The average Bonchev–Trinajstić information content (AvgIpc) is 2.32. The van der Waals surface area contributed by atoms with Crippen molar-refractivity contribution in [3.63, 3.8) is 0 Å². The molecule has 92 valence electrons. The fourth-order valence-corrected chi connectivity index (χ4v) is 2.33. The van der Waals surface area contributed by atoms with Crippen LogP contribution in [0.3, 0.4) is 0 Å². The van der Waals surface area contributed by atoms with Gasteiger partial charge in [0.25, 0.3) is 0 Å². The second kappa shape index (κ2) is 5.61. The zero-order valence-corrected chi connectivity index (χ0v) is 9.72. The van der Waals surface area contributed by atoms with Crippen molar-refractivity contribution in [3.05, 3.63) is 17.8 Å². The summed E-state index contributed by atoms with van der Waals surface area (Å²) in [7, 11) is 0. The summed E-state index contributed by atoms with van der Waals surface area (Å²) in [5.41, 5.74) is 0.952. The van der Waals surface area contributed by atoms with Gasteiger partial charge in [0.2, 0.25) is 0 Å². The van der Waals surface area contributed by atoms with Crippen LogP contribution in [0.5, 0.6) is 0 Å². The molecule has 1 aliphatic rings. The Morgan fingerprint density at radius 1 is 1.29 bits per heavy atom.